The SMILES string of the molecule is COc1ccc(N2CCN(C(=O)C3OC(C)CC3C)CC2)nc1. The molecule has 1 amide bonds. The highest BCUT2D eigenvalue weighted by atomic mass is 16.5. The van der Waals surface area contributed by atoms with E-state index >= 15 is 0 Å². The number of methoxy groups -OCH3 is 1. The maximum absolute atomic E-state index is 12.6. The standard InChI is InChI=1S/C17H25N3O3/c1-12-10-13(2)23-16(12)17(21)20-8-6-19(7-9-20)15-5-4-14(22-3)11-18-15/h4-5,11-13,16H,6-10H2,1-3H3. The molecule has 1 aromatic heterocycles. The molecule has 2 aliphatic heterocycles. The van der Waals surface area contributed by atoms with E-state index in [1.165, 1.54) is 0 Å². The van der Waals surface area contributed by atoms with Crippen LogP contribution in [0.3, 0.4) is 0 Å². The van der Waals surface area contributed by atoms with Crippen LogP contribution < -0.4 is 9.64 Å². The van der Waals surface area contributed by atoms with E-state index in [1.807, 2.05) is 24.0 Å². The minimum atomic E-state index is -0.268. The number of piperazine rings is 1. The van der Waals surface area contributed by atoms with Crippen molar-refractivity contribution in [3.8, 4) is 5.75 Å². The molecule has 3 atom stereocenters. The van der Waals surface area contributed by atoms with E-state index < -0.39 is 0 Å². The highest BCUT2D eigenvalue weighted by Gasteiger charge is 2.38. The van der Waals surface area contributed by atoms with Crippen molar-refractivity contribution in [3.05, 3.63) is 18.3 Å². The van der Waals surface area contributed by atoms with Gasteiger partial charge in [-0.1, -0.05) is 6.92 Å². The van der Waals surface area contributed by atoms with Crippen LogP contribution in [0.5, 0.6) is 5.75 Å². The summed E-state index contributed by atoms with van der Waals surface area (Å²) in [6.45, 7) is 7.16. The molecule has 3 rings (SSSR count). The van der Waals surface area contributed by atoms with Gasteiger partial charge in [0.05, 0.1) is 19.4 Å². The molecule has 2 fully saturated rings. The molecule has 6 nitrogen and oxygen atoms in total. The molecular formula is C17H25N3O3. The van der Waals surface area contributed by atoms with Gasteiger partial charge in [0.15, 0.2) is 0 Å². The van der Waals surface area contributed by atoms with E-state index in [0.29, 0.717) is 19.0 Å². The Balaban J connectivity index is 1.56. The fraction of sp³-hybridized carbons (Fsp3) is 0.647. The fourth-order valence-electron chi connectivity index (χ4n) is 3.40. The Bertz CT molecular complexity index is 541. The number of hydrogen-bond acceptors (Lipinski definition) is 5. The normalized spacial score (nSPS) is 28.0. The van der Waals surface area contributed by atoms with E-state index in [9.17, 15) is 4.79 Å². The summed E-state index contributed by atoms with van der Waals surface area (Å²) in [5.41, 5.74) is 0. The molecule has 2 saturated heterocycles. The van der Waals surface area contributed by atoms with Gasteiger partial charge in [-0.15, -0.1) is 0 Å². The first-order valence-electron chi connectivity index (χ1n) is 8.27. The van der Waals surface area contributed by atoms with Crippen molar-refractivity contribution < 1.29 is 14.3 Å². The third kappa shape index (κ3) is 3.42. The number of hydrogen-bond donors (Lipinski definition) is 0. The van der Waals surface area contributed by atoms with Gasteiger partial charge in [0.25, 0.3) is 5.91 Å². The van der Waals surface area contributed by atoms with Gasteiger partial charge in [-0.25, -0.2) is 4.98 Å². The van der Waals surface area contributed by atoms with Crippen LogP contribution in [0, 0.1) is 5.92 Å². The van der Waals surface area contributed by atoms with Crippen molar-refractivity contribution in [2.75, 3.05) is 38.2 Å². The summed E-state index contributed by atoms with van der Waals surface area (Å²) in [7, 11) is 1.63. The zero-order chi connectivity index (χ0) is 16.4. The first-order chi connectivity index (χ1) is 11.1. The summed E-state index contributed by atoms with van der Waals surface area (Å²) in [4.78, 5) is 21.2. The maximum atomic E-state index is 12.6. The van der Waals surface area contributed by atoms with Crippen LogP contribution in [0.4, 0.5) is 5.82 Å². The van der Waals surface area contributed by atoms with Gasteiger partial charge < -0.3 is 19.3 Å². The number of amides is 1. The predicted molar refractivity (Wildman–Crippen MR) is 87.7 cm³/mol. The van der Waals surface area contributed by atoms with E-state index in [1.54, 1.807) is 13.3 Å². The van der Waals surface area contributed by atoms with Crippen molar-refractivity contribution in [2.45, 2.75) is 32.5 Å². The molecule has 3 unspecified atom stereocenters. The van der Waals surface area contributed by atoms with E-state index in [0.717, 1.165) is 31.1 Å². The van der Waals surface area contributed by atoms with Gasteiger partial charge in [-0.2, -0.15) is 0 Å². The molecule has 0 bridgehead atoms. The number of carbonyl (C=O) groups is 1. The second kappa shape index (κ2) is 6.74. The summed E-state index contributed by atoms with van der Waals surface area (Å²) >= 11 is 0. The van der Waals surface area contributed by atoms with Crippen LogP contribution in [0.15, 0.2) is 18.3 Å². The molecule has 2 aliphatic rings. The van der Waals surface area contributed by atoms with Crippen molar-refractivity contribution >= 4 is 11.7 Å². The summed E-state index contributed by atoms with van der Waals surface area (Å²) in [6.07, 6.45) is 2.61. The Morgan fingerprint density at radius 2 is 2.00 bits per heavy atom. The summed E-state index contributed by atoms with van der Waals surface area (Å²) in [6, 6.07) is 3.87. The van der Waals surface area contributed by atoms with Crippen molar-refractivity contribution in [2.24, 2.45) is 5.92 Å². The minimum Gasteiger partial charge on any atom is -0.495 e. The highest BCUT2D eigenvalue weighted by Crippen LogP contribution is 2.27. The Morgan fingerprint density at radius 3 is 2.52 bits per heavy atom. The highest BCUT2D eigenvalue weighted by molar-refractivity contribution is 5.81. The van der Waals surface area contributed by atoms with Gasteiger partial charge in [-0.05, 0) is 31.4 Å². The smallest absolute Gasteiger partial charge is 0.252 e. The molecule has 126 valence electrons. The lowest BCUT2D eigenvalue weighted by molar-refractivity contribution is -0.144. The average Bonchev–Trinajstić information content (AvgIpc) is 2.93. The first-order valence-corrected chi connectivity index (χ1v) is 8.27. The molecule has 0 radical (unpaired) electrons. The number of rotatable bonds is 3. The molecule has 6 heteroatoms. The van der Waals surface area contributed by atoms with E-state index in [2.05, 4.69) is 16.8 Å². The van der Waals surface area contributed by atoms with Gasteiger partial charge in [0, 0.05) is 26.2 Å². The van der Waals surface area contributed by atoms with Gasteiger partial charge >= 0.3 is 0 Å². The molecule has 0 aromatic carbocycles. The lowest BCUT2D eigenvalue weighted by Crippen LogP contribution is -2.52. The van der Waals surface area contributed by atoms with Crippen LogP contribution in [0.25, 0.3) is 0 Å². The molecule has 1 aromatic rings. The lowest BCUT2D eigenvalue weighted by Gasteiger charge is -2.36. The number of pyridine rings is 1. The van der Waals surface area contributed by atoms with Gasteiger partial charge in [0.1, 0.15) is 17.7 Å². The largest absolute Gasteiger partial charge is 0.495 e. The average molecular weight is 319 g/mol. The van der Waals surface area contributed by atoms with Crippen LogP contribution in [0.2, 0.25) is 0 Å². The van der Waals surface area contributed by atoms with Crippen molar-refractivity contribution in [3.63, 3.8) is 0 Å². The summed E-state index contributed by atoms with van der Waals surface area (Å²) in [5, 5.41) is 0. The second-order valence-corrected chi connectivity index (χ2v) is 6.45. The Hall–Kier alpha value is -1.82. The number of ether oxygens (including phenoxy) is 2. The van der Waals surface area contributed by atoms with Gasteiger partial charge in [0.2, 0.25) is 0 Å². The fourth-order valence-corrected chi connectivity index (χ4v) is 3.40. The monoisotopic (exact) mass is 319 g/mol. The van der Waals surface area contributed by atoms with E-state index in [-0.39, 0.29) is 18.1 Å². The molecule has 3 heterocycles. The molecule has 0 aliphatic carbocycles. The Kier molecular flexibility index (Phi) is 4.71. The lowest BCUT2D eigenvalue weighted by atomic mass is 10.0. The van der Waals surface area contributed by atoms with Gasteiger partial charge in [-0.3, -0.25) is 4.79 Å². The Labute approximate surface area is 137 Å². The predicted octanol–water partition coefficient (Wildman–Crippen LogP) is 1.55. The topological polar surface area (TPSA) is 54.9 Å². The van der Waals surface area contributed by atoms with Crippen LogP contribution in [-0.2, 0) is 9.53 Å². The number of carbonyl (C=O) groups excluding carboxylic acids is 1. The quantitative estimate of drug-likeness (QED) is 0.846. The molecule has 0 saturated carbocycles. The molecule has 0 spiro atoms. The second-order valence-electron chi connectivity index (χ2n) is 6.45. The first kappa shape index (κ1) is 16.1. The van der Waals surface area contributed by atoms with Crippen LogP contribution in [0.1, 0.15) is 20.3 Å². The molecule has 0 N–H and O–H groups in total. The Morgan fingerprint density at radius 1 is 1.26 bits per heavy atom. The molecule has 23 heavy (non-hydrogen) atoms. The summed E-state index contributed by atoms with van der Waals surface area (Å²) in [5.74, 6) is 2.13. The zero-order valence-electron chi connectivity index (χ0n) is 14.1. The number of aromatic nitrogens is 1. The maximum Gasteiger partial charge on any atom is 0.252 e. The van der Waals surface area contributed by atoms with Crippen LogP contribution in [-0.4, -0.2) is 61.3 Å². The number of nitrogens with zero attached hydrogens (tertiary/aromatic N) is 3. The van der Waals surface area contributed by atoms with Crippen molar-refractivity contribution in [1.29, 1.82) is 0 Å². The number of anilines is 1. The van der Waals surface area contributed by atoms with Crippen molar-refractivity contribution in [1.82, 2.24) is 9.88 Å². The van der Waals surface area contributed by atoms with E-state index in [4.69, 9.17) is 9.47 Å². The summed E-state index contributed by atoms with van der Waals surface area (Å²) < 4.78 is 10.9. The third-order valence-electron chi connectivity index (χ3n) is 4.71. The zero-order valence-corrected chi connectivity index (χ0v) is 14.1. The van der Waals surface area contributed by atoms with Crippen LogP contribution >= 0.6 is 0 Å². The minimum absolute atomic E-state index is 0.143. The third-order valence-corrected chi connectivity index (χ3v) is 4.71. The molecular weight excluding hydrogens is 294 g/mol.